The summed E-state index contributed by atoms with van der Waals surface area (Å²) in [5.74, 6) is 0.573. The lowest BCUT2D eigenvalue weighted by Crippen LogP contribution is -2.36. The zero-order valence-electron chi connectivity index (χ0n) is 10.8. The minimum Gasteiger partial charge on any atom is -0.354 e. The maximum atomic E-state index is 10.6. The molecule has 0 saturated heterocycles. The summed E-state index contributed by atoms with van der Waals surface area (Å²) in [6.45, 7) is 7.88. The molecule has 100 valence electrons. The van der Waals surface area contributed by atoms with Gasteiger partial charge in [-0.15, -0.1) is 0 Å². The van der Waals surface area contributed by atoms with Gasteiger partial charge in [0.2, 0.25) is 0 Å². The number of hydrogen-bond donors (Lipinski definition) is 2. The molecular formula is C10H17N5O2S. The second-order valence-electron chi connectivity index (χ2n) is 4.26. The van der Waals surface area contributed by atoms with Crippen LogP contribution in [0.4, 0.5) is 10.1 Å². The van der Waals surface area contributed by atoms with E-state index < -0.39 is 4.92 Å². The minimum atomic E-state index is -0.460. The van der Waals surface area contributed by atoms with Crippen LogP contribution in [0.15, 0.2) is 11.2 Å². The number of guanidine groups is 1. The summed E-state index contributed by atoms with van der Waals surface area (Å²) < 4.78 is 0. The van der Waals surface area contributed by atoms with Crippen molar-refractivity contribution in [3.8, 4) is 0 Å². The number of nitrogens with one attached hydrogen (secondary N) is 2. The molecule has 8 heteroatoms. The smallest absolute Gasteiger partial charge is 0.345 e. The average Bonchev–Trinajstić information content (AvgIpc) is 2.63. The molecule has 18 heavy (non-hydrogen) atoms. The summed E-state index contributed by atoms with van der Waals surface area (Å²) in [4.78, 5) is 18.4. The standard InChI is InChI=1S/C10H17N5O2S/c1-6(2)12-9(13-7(3)4)14-10-11-5-8(18-10)15(16)17/h5-7H,1-4H3,(H2,11,12,13,14). The largest absolute Gasteiger partial charge is 0.354 e. The maximum absolute atomic E-state index is 10.6. The van der Waals surface area contributed by atoms with Crippen molar-refractivity contribution < 1.29 is 4.92 Å². The highest BCUT2D eigenvalue weighted by atomic mass is 32.1. The average molecular weight is 271 g/mol. The fraction of sp³-hybridized carbons (Fsp3) is 0.600. The Balaban J connectivity index is 2.79. The first-order chi connectivity index (χ1) is 8.38. The van der Waals surface area contributed by atoms with E-state index in [-0.39, 0.29) is 17.1 Å². The Bertz CT molecular complexity index is 441. The van der Waals surface area contributed by atoms with Crippen LogP contribution in [-0.2, 0) is 0 Å². The van der Waals surface area contributed by atoms with Gasteiger partial charge in [-0.2, -0.15) is 0 Å². The van der Waals surface area contributed by atoms with Crippen LogP contribution in [0, 0.1) is 10.1 Å². The first-order valence-corrected chi connectivity index (χ1v) is 6.41. The maximum Gasteiger partial charge on any atom is 0.345 e. The Morgan fingerprint density at radius 3 is 2.61 bits per heavy atom. The van der Waals surface area contributed by atoms with Gasteiger partial charge >= 0.3 is 5.00 Å². The topological polar surface area (TPSA) is 92.5 Å². The predicted octanol–water partition coefficient (Wildman–Crippen LogP) is 2.23. The van der Waals surface area contributed by atoms with Crippen molar-refractivity contribution >= 4 is 27.4 Å². The van der Waals surface area contributed by atoms with Crippen LogP contribution in [0.3, 0.4) is 0 Å². The molecule has 0 spiro atoms. The van der Waals surface area contributed by atoms with E-state index in [1.165, 1.54) is 6.20 Å². The summed E-state index contributed by atoms with van der Waals surface area (Å²) in [5.41, 5.74) is 0. The molecule has 1 aromatic rings. The molecule has 1 aromatic heterocycles. The third-order valence-electron chi connectivity index (χ3n) is 1.71. The normalized spacial score (nSPS) is 12.0. The van der Waals surface area contributed by atoms with Gasteiger partial charge in [0.15, 0.2) is 11.1 Å². The lowest BCUT2D eigenvalue weighted by atomic mass is 10.4. The molecule has 0 aliphatic carbocycles. The number of aliphatic imine (C=N–C) groups is 1. The molecule has 0 bridgehead atoms. The second-order valence-corrected chi connectivity index (χ2v) is 5.27. The predicted molar refractivity (Wildman–Crippen MR) is 73.2 cm³/mol. The number of thiazole rings is 1. The molecule has 2 N–H and O–H groups in total. The lowest BCUT2D eigenvalue weighted by molar-refractivity contribution is -0.380. The fourth-order valence-corrected chi connectivity index (χ4v) is 1.78. The van der Waals surface area contributed by atoms with Crippen molar-refractivity contribution in [3.05, 3.63) is 16.3 Å². The summed E-state index contributed by atoms with van der Waals surface area (Å²) >= 11 is 0.981. The highest BCUT2D eigenvalue weighted by molar-refractivity contribution is 7.18. The number of aromatic nitrogens is 1. The first-order valence-electron chi connectivity index (χ1n) is 5.60. The molecule has 0 radical (unpaired) electrons. The van der Waals surface area contributed by atoms with E-state index in [1.54, 1.807) is 0 Å². The van der Waals surface area contributed by atoms with E-state index in [4.69, 9.17) is 0 Å². The van der Waals surface area contributed by atoms with Crippen molar-refractivity contribution in [2.24, 2.45) is 4.99 Å². The minimum absolute atomic E-state index is 0.00550. The van der Waals surface area contributed by atoms with E-state index in [1.807, 2.05) is 27.7 Å². The van der Waals surface area contributed by atoms with E-state index in [0.29, 0.717) is 11.1 Å². The van der Waals surface area contributed by atoms with E-state index in [0.717, 1.165) is 11.3 Å². The fourth-order valence-electron chi connectivity index (χ4n) is 1.15. The first kappa shape index (κ1) is 14.4. The zero-order chi connectivity index (χ0) is 13.7. The SMILES string of the molecule is CC(C)N=C(Nc1ncc([N+](=O)[O-])s1)NC(C)C. The quantitative estimate of drug-likeness (QED) is 0.379. The highest BCUT2D eigenvalue weighted by Gasteiger charge is 2.13. The third kappa shape index (κ3) is 4.66. The van der Waals surface area contributed by atoms with Crippen LogP contribution < -0.4 is 10.6 Å². The molecule has 0 aliphatic heterocycles. The van der Waals surface area contributed by atoms with Gasteiger partial charge in [-0.05, 0) is 39.0 Å². The number of hydrogen-bond acceptors (Lipinski definition) is 5. The van der Waals surface area contributed by atoms with Crippen LogP contribution in [0.2, 0.25) is 0 Å². The van der Waals surface area contributed by atoms with Crippen LogP contribution in [0.1, 0.15) is 27.7 Å². The number of anilines is 1. The van der Waals surface area contributed by atoms with Gasteiger partial charge in [0.1, 0.15) is 6.20 Å². The van der Waals surface area contributed by atoms with Gasteiger partial charge in [-0.25, -0.2) is 4.98 Å². The number of nitro groups is 1. The summed E-state index contributed by atoms with van der Waals surface area (Å²) in [6, 6.07) is 0.332. The molecule has 0 unspecified atom stereocenters. The van der Waals surface area contributed by atoms with Gasteiger partial charge in [0.05, 0.1) is 4.92 Å². The van der Waals surface area contributed by atoms with Crippen molar-refractivity contribution in [2.45, 2.75) is 39.8 Å². The number of nitrogens with zero attached hydrogens (tertiary/aromatic N) is 3. The molecule has 1 rings (SSSR count). The Labute approximate surface area is 109 Å². The van der Waals surface area contributed by atoms with Gasteiger partial charge in [0.25, 0.3) is 0 Å². The van der Waals surface area contributed by atoms with Crippen LogP contribution in [0.5, 0.6) is 0 Å². The van der Waals surface area contributed by atoms with Gasteiger partial charge in [0, 0.05) is 12.1 Å². The van der Waals surface area contributed by atoms with Crippen molar-refractivity contribution in [2.75, 3.05) is 5.32 Å². The Morgan fingerprint density at radius 1 is 1.50 bits per heavy atom. The molecule has 1 heterocycles. The molecule has 0 aromatic carbocycles. The van der Waals surface area contributed by atoms with Gasteiger partial charge in [-0.3, -0.25) is 15.1 Å². The lowest BCUT2D eigenvalue weighted by Gasteiger charge is -2.14. The monoisotopic (exact) mass is 271 g/mol. The molecule has 0 atom stereocenters. The van der Waals surface area contributed by atoms with Crippen molar-refractivity contribution in [3.63, 3.8) is 0 Å². The summed E-state index contributed by atoms with van der Waals surface area (Å²) in [6.07, 6.45) is 1.23. The van der Waals surface area contributed by atoms with Crippen LogP contribution >= 0.6 is 11.3 Å². The summed E-state index contributed by atoms with van der Waals surface area (Å²) in [5, 5.41) is 17.1. The summed E-state index contributed by atoms with van der Waals surface area (Å²) in [7, 11) is 0. The molecular weight excluding hydrogens is 254 g/mol. The van der Waals surface area contributed by atoms with Crippen molar-refractivity contribution in [1.29, 1.82) is 0 Å². The molecule has 0 saturated carbocycles. The Kier molecular flexibility index (Phi) is 5.02. The van der Waals surface area contributed by atoms with E-state index in [2.05, 4.69) is 20.6 Å². The van der Waals surface area contributed by atoms with Crippen LogP contribution in [-0.4, -0.2) is 28.0 Å². The zero-order valence-corrected chi connectivity index (χ0v) is 11.6. The van der Waals surface area contributed by atoms with Gasteiger partial charge < -0.3 is 10.6 Å². The van der Waals surface area contributed by atoms with Crippen molar-refractivity contribution in [1.82, 2.24) is 10.3 Å². The molecule has 0 fully saturated rings. The second kappa shape index (κ2) is 6.29. The Hall–Kier alpha value is -1.70. The highest BCUT2D eigenvalue weighted by Crippen LogP contribution is 2.24. The van der Waals surface area contributed by atoms with E-state index >= 15 is 0 Å². The third-order valence-corrected chi connectivity index (χ3v) is 2.58. The van der Waals surface area contributed by atoms with E-state index in [9.17, 15) is 10.1 Å². The molecule has 0 amide bonds. The Morgan fingerprint density at radius 2 is 2.17 bits per heavy atom. The molecule has 7 nitrogen and oxygen atoms in total. The van der Waals surface area contributed by atoms with Crippen LogP contribution in [0.25, 0.3) is 0 Å². The number of rotatable bonds is 4. The molecule has 0 aliphatic rings. The van der Waals surface area contributed by atoms with Gasteiger partial charge in [-0.1, -0.05) is 0 Å².